The van der Waals surface area contributed by atoms with Crippen LogP contribution in [0.1, 0.15) is 30.4 Å². The summed E-state index contributed by atoms with van der Waals surface area (Å²) in [7, 11) is 3.99. The van der Waals surface area contributed by atoms with Crippen LogP contribution in [0.5, 0.6) is 0 Å². The maximum absolute atomic E-state index is 13.2. The molecule has 2 aromatic carbocycles. The highest BCUT2D eigenvalue weighted by atomic mass is 35.5. The molecule has 2 N–H and O–H groups in total. The van der Waals surface area contributed by atoms with E-state index in [9.17, 15) is 9.59 Å². The number of hydrogen-bond donors (Lipinski definition) is 2. The summed E-state index contributed by atoms with van der Waals surface area (Å²) in [4.78, 5) is 28.3. The second kappa shape index (κ2) is 10.5. The highest BCUT2D eigenvalue weighted by Crippen LogP contribution is 2.48. The Kier molecular flexibility index (Phi) is 7.98. The zero-order valence-corrected chi connectivity index (χ0v) is 19.5. The molecule has 0 bridgehead atoms. The van der Waals surface area contributed by atoms with Crippen LogP contribution in [-0.2, 0) is 21.4 Å². The number of nitrogens with zero attached hydrogens (tertiary/aromatic N) is 1. The van der Waals surface area contributed by atoms with Gasteiger partial charge in [-0.3, -0.25) is 9.59 Å². The van der Waals surface area contributed by atoms with Crippen LogP contribution >= 0.6 is 23.2 Å². The van der Waals surface area contributed by atoms with Gasteiger partial charge in [-0.25, -0.2) is 0 Å². The monoisotopic (exact) mass is 461 g/mol. The first kappa shape index (κ1) is 23.6. The minimum absolute atomic E-state index is 0.114. The number of amides is 2. The first-order valence-electron chi connectivity index (χ1n) is 10.5. The van der Waals surface area contributed by atoms with Crippen molar-refractivity contribution < 1.29 is 9.59 Å². The zero-order valence-electron chi connectivity index (χ0n) is 18.0. The SMILES string of the molecule is CN(C)CCCNC(=O)[C@@H](Cc1ccc(Cl)cc1)NC(=O)C1(c2ccc(Cl)cc2)CC1. The van der Waals surface area contributed by atoms with Gasteiger partial charge in [-0.1, -0.05) is 47.5 Å². The molecule has 5 nitrogen and oxygen atoms in total. The Hall–Kier alpha value is -2.08. The van der Waals surface area contributed by atoms with Gasteiger partial charge in [0.25, 0.3) is 0 Å². The number of halogens is 2. The van der Waals surface area contributed by atoms with Gasteiger partial charge in [-0.2, -0.15) is 0 Å². The summed E-state index contributed by atoms with van der Waals surface area (Å²) < 4.78 is 0. The fourth-order valence-corrected chi connectivity index (χ4v) is 3.88. The van der Waals surface area contributed by atoms with Gasteiger partial charge in [-0.15, -0.1) is 0 Å². The lowest BCUT2D eigenvalue weighted by Crippen LogP contribution is -2.51. The first-order valence-corrected chi connectivity index (χ1v) is 11.3. The molecule has 1 saturated carbocycles. The van der Waals surface area contributed by atoms with Crippen molar-refractivity contribution in [1.82, 2.24) is 15.5 Å². The van der Waals surface area contributed by atoms with Crippen LogP contribution in [-0.4, -0.2) is 49.9 Å². The molecule has 0 spiro atoms. The van der Waals surface area contributed by atoms with Gasteiger partial charge in [-0.05, 0) is 75.3 Å². The summed E-state index contributed by atoms with van der Waals surface area (Å²) in [6, 6.07) is 14.1. The van der Waals surface area contributed by atoms with E-state index in [1.54, 1.807) is 24.3 Å². The topological polar surface area (TPSA) is 61.4 Å². The third kappa shape index (κ3) is 6.45. The lowest BCUT2D eigenvalue weighted by Gasteiger charge is -2.23. The van der Waals surface area contributed by atoms with E-state index in [1.165, 1.54) is 0 Å². The lowest BCUT2D eigenvalue weighted by molar-refractivity contribution is -0.130. The van der Waals surface area contributed by atoms with Crippen molar-refractivity contribution in [3.63, 3.8) is 0 Å². The minimum atomic E-state index is -0.655. The van der Waals surface area contributed by atoms with Crippen molar-refractivity contribution in [2.75, 3.05) is 27.2 Å². The van der Waals surface area contributed by atoms with Gasteiger partial charge in [0, 0.05) is 23.0 Å². The molecule has 3 rings (SSSR count). The Morgan fingerprint density at radius 3 is 2.13 bits per heavy atom. The summed E-state index contributed by atoms with van der Waals surface area (Å²) in [6.07, 6.45) is 2.77. The van der Waals surface area contributed by atoms with Crippen LogP contribution in [0.15, 0.2) is 48.5 Å². The van der Waals surface area contributed by atoms with E-state index in [0.717, 1.165) is 36.9 Å². The van der Waals surface area contributed by atoms with Gasteiger partial charge in [0.2, 0.25) is 11.8 Å². The molecule has 166 valence electrons. The molecule has 0 saturated heterocycles. The molecule has 1 atom stereocenters. The van der Waals surface area contributed by atoms with E-state index in [-0.39, 0.29) is 11.8 Å². The number of rotatable bonds is 10. The predicted octanol–water partition coefficient (Wildman–Crippen LogP) is 3.82. The van der Waals surface area contributed by atoms with E-state index in [4.69, 9.17) is 23.2 Å². The Morgan fingerprint density at radius 1 is 1.00 bits per heavy atom. The third-order valence-corrected chi connectivity index (χ3v) is 6.14. The molecule has 0 aromatic heterocycles. The molecule has 1 aliphatic rings. The average molecular weight is 462 g/mol. The van der Waals surface area contributed by atoms with Crippen molar-refractivity contribution in [2.24, 2.45) is 0 Å². The van der Waals surface area contributed by atoms with Crippen molar-refractivity contribution >= 4 is 35.0 Å². The van der Waals surface area contributed by atoms with Gasteiger partial charge in [0.05, 0.1) is 5.41 Å². The normalized spacial score (nSPS) is 15.4. The van der Waals surface area contributed by atoms with Crippen LogP contribution in [0, 0.1) is 0 Å². The molecular formula is C24H29Cl2N3O2. The fourth-order valence-electron chi connectivity index (χ4n) is 3.63. The number of hydrogen-bond acceptors (Lipinski definition) is 3. The zero-order chi connectivity index (χ0) is 22.4. The van der Waals surface area contributed by atoms with E-state index in [0.29, 0.717) is 23.0 Å². The molecule has 0 unspecified atom stereocenters. The van der Waals surface area contributed by atoms with E-state index in [2.05, 4.69) is 15.5 Å². The third-order valence-electron chi connectivity index (χ3n) is 5.64. The highest BCUT2D eigenvalue weighted by Gasteiger charge is 2.51. The predicted molar refractivity (Wildman–Crippen MR) is 126 cm³/mol. The van der Waals surface area contributed by atoms with Crippen LogP contribution in [0.25, 0.3) is 0 Å². The number of carbonyl (C=O) groups is 2. The van der Waals surface area contributed by atoms with Crippen molar-refractivity contribution in [2.45, 2.75) is 37.1 Å². The number of benzene rings is 2. The second-order valence-corrected chi connectivity index (χ2v) is 9.27. The van der Waals surface area contributed by atoms with Gasteiger partial charge in [0.15, 0.2) is 0 Å². The fraction of sp³-hybridized carbons (Fsp3) is 0.417. The standard InChI is InChI=1S/C24H29Cl2N3O2/c1-29(2)15-3-14-27-22(30)21(16-17-4-8-19(25)9-5-17)28-23(31)24(12-13-24)18-6-10-20(26)11-7-18/h4-11,21H,3,12-16H2,1-2H3,(H,27,30)(H,28,31)/t21-/m1/s1. The molecule has 0 aliphatic heterocycles. The maximum Gasteiger partial charge on any atom is 0.242 e. The summed E-state index contributed by atoms with van der Waals surface area (Å²) in [5, 5.41) is 7.26. The summed E-state index contributed by atoms with van der Waals surface area (Å²) >= 11 is 12.0. The van der Waals surface area contributed by atoms with Crippen molar-refractivity contribution in [3.05, 3.63) is 69.7 Å². The maximum atomic E-state index is 13.2. The van der Waals surface area contributed by atoms with Crippen LogP contribution in [0.2, 0.25) is 10.0 Å². The molecule has 31 heavy (non-hydrogen) atoms. The Morgan fingerprint density at radius 2 is 1.58 bits per heavy atom. The largest absolute Gasteiger partial charge is 0.354 e. The summed E-state index contributed by atoms with van der Waals surface area (Å²) in [6.45, 7) is 1.44. The summed E-state index contributed by atoms with van der Waals surface area (Å²) in [5.41, 5.74) is 1.30. The molecule has 0 radical (unpaired) electrons. The summed E-state index contributed by atoms with van der Waals surface area (Å²) in [5.74, 6) is -0.286. The van der Waals surface area contributed by atoms with Gasteiger partial charge < -0.3 is 15.5 Å². The molecule has 2 aromatic rings. The average Bonchev–Trinajstić information content (AvgIpc) is 3.54. The van der Waals surface area contributed by atoms with E-state index >= 15 is 0 Å². The first-order chi connectivity index (χ1) is 14.8. The highest BCUT2D eigenvalue weighted by molar-refractivity contribution is 6.30. The van der Waals surface area contributed by atoms with Crippen molar-refractivity contribution in [3.8, 4) is 0 Å². The van der Waals surface area contributed by atoms with Crippen LogP contribution in [0.3, 0.4) is 0 Å². The van der Waals surface area contributed by atoms with Gasteiger partial charge >= 0.3 is 0 Å². The number of carbonyl (C=O) groups excluding carboxylic acids is 2. The second-order valence-electron chi connectivity index (χ2n) is 8.39. The smallest absolute Gasteiger partial charge is 0.242 e. The van der Waals surface area contributed by atoms with Crippen LogP contribution in [0.4, 0.5) is 0 Å². The number of nitrogens with one attached hydrogen (secondary N) is 2. The molecule has 7 heteroatoms. The Bertz CT molecular complexity index is 894. The van der Waals surface area contributed by atoms with Crippen molar-refractivity contribution in [1.29, 1.82) is 0 Å². The van der Waals surface area contributed by atoms with Crippen LogP contribution < -0.4 is 10.6 Å². The Balaban J connectivity index is 1.70. The van der Waals surface area contributed by atoms with E-state index < -0.39 is 11.5 Å². The molecular weight excluding hydrogens is 433 g/mol. The molecule has 1 fully saturated rings. The van der Waals surface area contributed by atoms with Gasteiger partial charge in [0.1, 0.15) is 6.04 Å². The Labute approximate surface area is 194 Å². The minimum Gasteiger partial charge on any atom is -0.354 e. The van der Waals surface area contributed by atoms with E-state index in [1.807, 2.05) is 38.4 Å². The quantitative estimate of drug-likeness (QED) is 0.528. The molecule has 2 amide bonds. The molecule has 0 heterocycles. The lowest BCUT2D eigenvalue weighted by atomic mass is 9.94. The molecule has 1 aliphatic carbocycles.